The fourth-order valence-electron chi connectivity index (χ4n) is 3.50. The van der Waals surface area contributed by atoms with Crippen molar-refractivity contribution in [1.82, 2.24) is 9.80 Å². The Labute approximate surface area is 185 Å². The normalized spacial score (nSPS) is 16.5. The average Bonchev–Trinajstić information content (AvgIpc) is 3.28. The number of hydrogen-bond donors (Lipinski definition) is 1. The third-order valence-electron chi connectivity index (χ3n) is 5.13. The van der Waals surface area contributed by atoms with Crippen LogP contribution in [0.1, 0.15) is 16.9 Å². The van der Waals surface area contributed by atoms with Crippen LogP contribution in [-0.4, -0.2) is 65.0 Å². The molecule has 31 heavy (non-hydrogen) atoms. The predicted octanol–water partition coefficient (Wildman–Crippen LogP) is 2.40. The van der Waals surface area contributed by atoms with E-state index < -0.39 is 12.0 Å². The van der Waals surface area contributed by atoms with Crippen LogP contribution >= 0.6 is 11.3 Å². The fourth-order valence-corrected chi connectivity index (χ4v) is 4.20. The van der Waals surface area contributed by atoms with Gasteiger partial charge >= 0.3 is 5.97 Å². The molecule has 1 N–H and O–H groups in total. The molecule has 2 aromatic rings. The molecule has 0 radical (unpaired) electrons. The summed E-state index contributed by atoms with van der Waals surface area (Å²) in [6.45, 7) is 4.29. The highest BCUT2D eigenvalue weighted by Crippen LogP contribution is 2.20. The first-order chi connectivity index (χ1) is 15.0. The van der Waals surface area contributed by atoms with E-state index in [-0.39, 0.29) is 37.1 Å². The van der Waals surface area contributed by atoms with Crippen molar-refractivity contribution >= 4 is 29.1 Å². The highest BCUT2D eigenvalue weighted by Gasteiger charge is 2.40. The Bertz CT molecular complexity index is 911. The Kier molecular flexibility index (Phi) is 7.83. The zero-order chi connectivity index (χ0) is 22.2. The standard InChI is InChI=1S/C23H26N2O5S/c1-2-13-30-22(28)15-20-23(29)24(11-9-17-5-7-18(26)8-6-17)16-21(27)25(20)12-10-19-4-3-14-31-19/h2-8,14,20,26H,1,9-13,15-16H2. The van der Waals surface area contributed by atoms with Crippen molar-refractivity contribution in [3.05, 3.63) is 64.9 Å². The van der Waals surface area contributed by atoms with Crippen LogP contribution in [0.15, 0.2) is 54.4 Å². The van der Waals surface area contributed by atoms with Gasteiger partial charge in [-0.05, 0) is 42.0 Å². The number of phenols is 1. The first kappa shape index (κ1) is 22.6. The molecule has 1 atom stereocenters. The number of nitrogens with zero attached hydrogens (tertiary/aromatic N) is 2. The van der Waals surface area contributed by atoms with Gasteiger partial charge in [0.25, 0.3) is 0 Å². The van der Waals surface area contributed by atoms with E-state index in [9.17, 15) is 19.5 Å². The smallest absolute Gasteiger partial charge is 0.308 e. The first-order valence-electron chi connectivity index (χ1n) is 10.1. The van der Waals surface area contributed by atoms with Crippen molar-refractivity contribution in [1.29, 1.82) is 0 Å². The lowest BCUT2D eigenvalue weighted by molar-refractivity contribution is -0.160. The molecular formula is C23H26N2O5S. The SMILES string of the molecule is C=CCOC(=O)CC1C(=O)N(CCc2ccc(O)cc2)CC(=O)N1CCc1cccs1. The van der Waals surface area contributed by atoms with Crippen LogP contribution < -0.4 is 0 Å². The number of carbonyl (C=O) groups excluding carboxylic acids is 3. The van der Waals surface area contributed by atoms with E-state index in [1.165, 1.54) is 15.9 Å². The number of ether oxygens (including phenoxy) is 1. The summed E-state index contributed by atoms with van der Waals surface area (Å²) in [6.07, 6.45) is 2.45. The van der Waals surface area contributed by atoms with Gasteiger partial charge in [0, 0.05) is 18.0 Å². The van der Waals surface area contributed by atoms with Crippen molar-refractivity contribution in [2.75, 3.05) is 26.2 Å². The Morgan fingerprint density at radius 1 is 1.19 bits per heavy atom. The molecule has 1 aliphatic heterocycles. The molecule has 3 rings (SSSR count). The van der Waals surface area contributed by atoms with Crippen molar-refractivity contribution in [2.45, 2.75) is 25.3 Å². The second kappa shape index (κ2) is 10.8. The number of esters is 1. The maximum Gasteiger partial charge on any atom is 0.308 e. The molecule has 2 heterocycles. The van der Waals surface area contributed by atoms with Crippen molar-refractivity contribution in [2.24, 2.45) is 0 Å². The minimum atomic E-state index is -0.877. The van der Waals surface area contributed by atoms with Gasteiger partial charge in [0.15, 0.2) is 0 Å². The van der Waals surface area contributed by atoms with Gasteiger partial charge in [-0.15, -0.1) is 11.3 Å². The van der Waals surface area contributed by atoms with Crippen LogP contribution in [0.3, 0.4) is 0 Å². The summed E-state index contributed by atoms with van der Waals surface area (Å²) in [5.74, 6) is -0.788. The van der Waals surface area contributed by atoms with Gasteiger partial charge in [-0.1, -0.05) is 30.9 Å². The number of thiophene rings is 1. The number of rotatable bonds is 10. The maximum absolute atomic E-state index is 13.2. The van der Waals surface area contributed by atoms with Gasteiger partial charge in [0.2, 0.25) is 11.8 Å². The molecule has 2 amide bonds. The number of benzene rings is 1. The topological polar surface area (TPSA) is 87.1 Å². The van der Waals surface area contributed by atoms with Crippen LogP contribution in [0.5, 0.6) is 5.75 Å². The lowest BCUT2D eigenvalue weighted by Crippen LogP contribution is -2.61. The molecule has 1 saturated heterocycles. The molecule has 0 saturated carbocycles. The van der Waals surface area contributed by atoms with Gasteiger partial charge < -0.3 is 19.6 Å². The third kappa shape index (κ3) is 6.18. The monoisotopic (exact) mass is 442 g/mol. The van der Waals surface area contributed by atoms with Crippen LogP contribution in [0.2, 0.25) is 0 Å². The minimum Gasteiger partial charge on any atom is -0.508 e. The van der Waals surface area contributed by atoms with Crippen LogP contribution in [0, 0.1) is 0 Å². The van der Waals surface area contributed by atoms with E-state index >= 15 is 0 Å². The van der Waals surface area contributed by atoms with Crippen molar-refractivity contribution in [3.63, 3.8) is 0 Å². The summed E-state index contributed by atoms with van der Waals surface area (Å²) >= 11 is 1.59. The fraction of sp³-hybridized carbons (Fsp3) is 0.348. The maximum atomic E-state index is 13.2. The summed E-state index contributed by atoms with van der Waals surface area (Å²) in [5, 5.41) is 11.4. The Morgan fingerprint density at radius 2 is 1.97 bits per heavy atom. The largest absolute Gasteiger partial charge is 0.508 e. The summed E-state index contributed by atoms with van der Waals surface area (Å²) in [6, 6.07) is 9.79. The van der Waals surface area contributed by atoms with Crippen LogP contribution in [0.4, 0.5) is 0 Å². The van der Waals surface area contributed by atoms with Gasteiger partial charge in [-0.2, -0.15) is 0 Å². The van der Waals surface area contributed by atoms with E-state index in [0.29, 0.717) is 25.9 Å². The molecule has 1 fully saturated rings. The second-order valence-electron chi connectivity index (χ2n) is 7.28. The number of piperazine rings is 1. The summed E-state index contributed by atoms with van der Waals surface area (Å²) in [7, 11) is 0. The molecule has 0 aliphatic carbocycles. The van der Waals surface area contributed by atoms with E-state index in [1.54, 1.807) is 35.6 Å². The minimum absolute atomic E-state index is 0.0143. The molecule has 1 aliphatic rings. The van der Waals surface area contributed by atoms with Crippen LogP contribution in [0.25, 0.3) is 0 Å². The van der Waals surface area contributed by atoms with E-state index in [0.717, 1.165) is 10.4 Å². The highest BCUT2D eigenvalue weighted by atomic mass is 32.1. The third-order valence-corrected chi connectivity index (χ3v) is 6.06. The van der Waals surface area contributed by atoms with Crippen molar-refractivity contribution < 1.29 is 24.2 Å². The second-order valence-corrected chi connectivity index (χ2v) is 8.32. The molecule has 7 nitrogen and oxygen atoms in total. The number of hydrogen-bond acceptors (Lipinski definition) is 6. The first-order valence-corrected chi connectivity index (χ1v) is 11.0. The number of amides is 2. The number of carbonyl (C=O) groups is 3. The lowest BCUT2D eigenvalue weighted by atomic mass is 10.0. The molecule has 0 bridgehead atoms. The summed E-state index contributed by atoms with van der Waals surface area (Å²) in [5.41, 5.74) is 0.945. The number of phenolic OH excluding ortho intramolecular Hbond substituents is 1. The molecule has 1 aromatic carbocycles. The lowest BCUT2D eigenvalue weighted by Gasteiger charge is -2.40. The predicted molar refractivity (Wildman–Crippen MR) is 118 cm³/mol. The van der Waals surface area contributed by atoms with Gasteiger partial charge in [-0.25, -0.2) is 0 Å². The quantitative estimate of drug-likeness (QED) is 0.451. The molecular weight excluding hydrogens is 416 g/mol. The van der Waals surface area contributed by atoms with Gasteiger partial charge in [0.05, 0.1) is 13.0 Å². The highest BCUT2D eigenvalue weighted by molar-refractivity contribution is 7.09. The molecule has 1 unspecified atom stereocenters. The summed E-state index contributed by atoms with van der Waals surface area (Å²) < 4.78 is 5.06. The summed E-state index contributed by atoms with van der Waals surface area (Å²) in [4.78, 5) is 42.4. The average molecular weight is 443 g/mol. The van der Waals surface area contributed by atoms with E-state index in [2.05, 4.69) is 6.58 Å². The molecule has 164 valence electrons. The van der Waals surface area contributed by atoms with Crippen LogP contribution in [-0.2, 0) is 32.0 Å². The zero-order valence-corrected chi connectivity index (χ0v) is 18.1. The zero-order valence-electron chi connectivity index (χ0n) is 17.2. The molecule has 1 aromatic heterocycles. The number of aromatic hydroxyl groups is 1. The molecule has 0 spiro atoms. The Balaban J connectivity index is 1.70. The Hall–Kier alpha value is -3.13. The molecule has 8 heteroatoms. The van der Waals surface area contributed by atoms with Gasteiger partial charge in [-0.3, -0.25) is 14.4 Å². The van der Waals surface area contributed by atoms with E-state index in [4.69, 9.17) is 4.74 Å². The Morgan fingerprint density at radius 3 is 2.65 bits per heavy atom. The van der Waals surface area contributed by atoms with Crippen molar-refractivity contribution in [3.8, 4) is 5.75 Å². The van der Waals surface area contributed by atoms with Gasteiger partial charge in [0.1, 0.15) is 18.4 Å². The van der Waals surface area contributed by atoms with E-state index in [1.807, 2.05) is 17.5 Å².